The minimum atomic E-state index is -1.63. The molecule has 2 rings (SSSR count). The third-order valence-corrected chi connectivity index (χ3v) is 2.70. The summed E-state index contributed by atoms with van der Waals surface area (Å²) in [4.78, 5) is 11.5. The number of halogens is 4. The average Bonchev–Trinajstić information content (AvgIpc) is 3.15. The molecule has 0 aromatic heterocycles. The van der Waals surface area contributed by atoms with E-state index in [0.29, 0.717) is 19.1 Å². The highest BCUT2D eigenvalue weighted by atomic mass is 35.5. The van der Waals surface area contributed by atoms with Crippen LogP contribution >= 0.6 is 12.4 Å². The molecule has 0 unspecified atom stereocenters. The lowest BCUT2D eigenvalue weighted by Gasteiger charge is -2.07. The van der Waals surface area contributed by atoms with Gasteiger partial charge in [-0.15, -0.1) is 12.4 Å². The number of carbonyl (C=O) groups excluding carboxylic acids is 1. The Labute approximate surface area is 115 Å². The molecule has 0 bridgehead atoms. The molecule has 1 aromatic carbocycles. The maximum atomic E-state index is 13.3. The maximum Gasteiger partial charge on any atom is 0.254 e. The molecule has 19 heavy (non-hydrogen) atoms. The van der Waals surface area contributed by atoms with Gasteiger partial charge in [0.15, 0.2) is 17.5 Å². The number of amides is 1. The number of hydrogen-bond acceptors (Lipinski definition) is 2. The fourth-order valence-corrected chi connectivity index (χ4v) is 1.54. The summed E-state index contributed by atoms with van der Waals surface area (Å²) in [6.07, 6.45) is 2.26. The SMILES string of the molecule is Cl.O=C(NCCNC1CC1)c1ccc(F)c(F)c1F. The van der Waals surface area contributed by atoms with Crippen molar-refractivity contribution in [2.24, 2.45) is 0 Å². The fraction of sp³-hybridized carbons (Fsp3) is 0.417. The normalized spacial score (nSPS) is 13.8. The largest absolute Gasteiger partial charge is 0.351 e. The van der Waals surface area contributed by atoms with Crippen LogP contribution in [0.2, 0.25) is 0 Å². The topological polar surface area (TPSA) is 41.1 Å². The number of hydrogen-bond donors (Lipinski definition) is 2. The minimum Gasteiger partial charge on any atom is -0.351 e. The van der Waals surface area contributed by atoms with Gasteiger partial charge in [-0.1, -0.05) is 0 Å². The van der Waals surface area contributed by atoms with E-state index in [0.717, 1.165) is 25.0 Å². The molecule has 106 valence electrons. The first-order valence-electron chi connectivity index (χ1n) is 5.74. The second-order valence-electron chi connectivity index (χ2n) is 4.21. The summed E-state index contributed by atoms with van der Waals surface area (Å²) in [7, 11) is 0. The number of carbonyl (C=O) groups is 1. The molecule has 1 saturated carbocycles. The van der Waals surface area contributed by atoms with Gasteiger partial charge in [0.2, 0.25) is 0 Å². The van der Waals surface area contributed by atoms with Gasteiger partial charge >= 0.3 is 0 Å². The van der Waals surface area contributed by atoms with E-state index in [-0.39, 0.29) is 12.4 Å². The Morgan fingerprint density at radius 2 is 1.84 bits per heavy atom. The zero-order valence-electron chi connectivity index (χ0n) is 10.0. The second kappa shape index (κ2) is 6.77. The monoisotopic (exact) mass is 294 g/mol. The van der Waals surface area contributed by atoms with Crippen LogP contribution in [0.4, 0.5) is 13.2 Å². The molecule has 1 aromatic rings. The third kappa shape index (κ3) is 4.11. The van der Waals surface area contributed by atoms with Gasteiger partial charge in [-0.2, -0.15) is 0 Å². The molecule has 0 heterocycles. The zero-order valence-corrected chi connectivity index (χ0v) is 10.8. The number of nitrogens with one attached hydrogen (secondary N) is 2. The van der Waals surface area contributed by atoms with Crippen LogP contribution in [0.25, 0.3) is 0 Å². The minimum absolute atomic E-state index is 0. The molecule has 0 radical (unpaired) electrons. The highest BCUT2D eigenvalue weighted by Crippen LogP contribution is 2.18. The van der Waals surface area contributed by atoms with Crippen LogP contribution in [-0.2, 0) is 0 Å². The van der Waals surface area contributed by atoms with Crippen molar-refractivity contribution in [3.05, 3.63) is 35.1 Å². The molecule has 1 aliphatic carbocycles. The van der Waals surface area contributed by atoms with Crippen LogP contribution in [-0.4, -0.2) is 25.0 Å². The number of benzene rings is 1. The summed E-state index contributed by atoms with van der Waals surface area (Å²) in [5.41, 5.74) is -0.486. The smallest absolute Gasteiger partial charge is 0.254 e. The van der Waals surface area contributed by atoms with Crippen LogP contribution in [0.1, 0.15) is 23.2 Å². The van der Waals surface area contributed by atoms with Gasteiger partial charge < -0.3 is 10.6 Å². The van der Waals surface area contributed by atoms with E-state index in [1.807, 2.05) is 0 Å². The van der Waals surface area contributed by atoms with Crippen LogP contribution in [0.15, 0.2) is 12.1 Å². The van der Waals surface area contributed by atoms with Crippen molar-refractivity contribution in [3.8, 4) is 0 Å². The molecule has 0 aliphatic heterocycles. The van der Waals surface area contributed by atoms with Crippen molar-refractivity contribution in [1.82, 2.24) is 10.6 Å². The van der Waals surface area contributed by atoms with Gasteiger partial charge in [-0.05, 0) is 25.0 Å². The van der Waals surface area contributed by atoms with Gasteiger partial charge in [0.25, 0.3) is 5.91 Å². The molecule has 1 amide bonds. The van der Waals surface area contributed by atoms with Gasteiger partial charge in [-0.25, -0.2) is 13.2 Å². The predicted octanol–water partition coefficient (Wildman–Crippen LogP) is 2.01. The lowest BCUT2D eigenvalue weighted by atomic mass is 10.2. The van der Waals surface area contributed by atoms with Crippen LogP contribution in [0, 0.1) is 17.5 Å². The van der Waals surface area contributed by atoms with E-state index in [4.69, 9.17) is 0 Å². The van der Waals surface area contributed by atoms with Crippen molar-refractivity contribution in [3.63, 3.8) is 0 Å². The lowest BCUT2D eigenvalue weighted by molar-refractivity contribution is 0.0948. The van der Waals surface area contributed by atoms with Crippen molar-refractivity contribution in [1.29, 1.82) is 0 Å². The number of rotatable bonds is 5. The first kappa shape index (κ1) is 15.8. The van der Waals surface area contributed by atoms with Crippen LogP contribution in [0.5, 0.6) is 0 Å². The summed E-state index contributed by atoms with van der Waals surface area (Å²) in [6.45, 7) is 0.884. The lowest BCUT2D eigenvalue weighted by Crippen LogP contribution is -2.33. The average molecular weight is 295 g/mol. The molecule has 1 fully saturated rings. The second-order valence-corrected chi connectivity index (χ2v) is 4.21. The Balaban J connectivity index is 0.00000180. The molecule has 0 atom stereocenters. The zero-order chi connectivity index (χ0) is 13.1. The van der Waals surface area contributed by atoms with Crippen molar-refractivity contribution >= 4 is 18.3 Å². The fourth-order valence-electron chi connectivity index (χ4n) is 1.54. The third-order valence-electron chi connectivity index (χ3n) is 2.70. The van der Waals surface area contributed by atoms with E-state index in [1.54, 1.807) is 0 Å². The quantitative estimate of drug-likeness (QED) is 0.644. The van der Waals surface area contributed by atoms with Gasteiger partial charge in [-0.3, -0.25) is 4.79 Å². The predicted molar refractivity (Wildman–Crippen MR) is 66.9 cm³/mol. The van der Waals surface area contributed by atoms with Crippen LogP contribution < -0.4 is 10.6 Å². The van der Waals surface area contributed by atoms with E-state index in [2.05, 4.69) is 10.6 Å². The molecule has 0 saturated heterocycles. The van der Waals surface area contributed by atoms with Crippen molar-refractivity contribution in [2.75, 3.05) is 13.1 Å². The first-order chi connectivity index (χ1) is 8.59. The molecule has 2 N–H and O–H groups in total. The summed E-state index contributed by atoms with van der Waals surface area (Å²) >= 11 is 0. The highest BCUT2D eigenvalue weighted by Gasteiger charge is 2.20. The molecule has 7 heteroatoms. The first-order valence-corrected chi connectivity index (χ1v) is 5.74. The van der Waals surface area contributed by atoms with Gasteiger partial charge in [0.05, 0.1) is 5.56 Å². The summed E-state index contributed by atoms with van der Waals surface area (Å²) < 4.78 is 38.8. The molecule has 0 spiro atoms. The van der Waals surface area contributed by atoms with Crippen LogP contribution in [0.3, 0.4) is 0 Å². The van der Waals surface area contributed by atoms with Gasteiger partial charge in [0, 0.05) is 19.1 Å². The van der Waals surface area contributed by atoms with Gasteiger partial charge in [0.1, 0.15) is 0 Å². The summed E-state index contributed by atoms with van der Waals surface area (Å²) in [5.74, 6) is -5.13. The highest BCUT2D eigenvalue weighted by molar-refractivity contribution is 5.94. The molecule has 1 aliphatic rings. The molecular weight excluding hydrogens is 281 g/mol. The maximum absolute atomic E-state index is 13.3. The van der Waals surface area contributed by atoms with E-state index >= 15 is 0 Å². The standard InChI is InChI=1S/C12H13F3N2O.ClH/c13-9-4-3-8(10(14)11(9)15)12(18)17-6-5-16-7-1-2-7;/h3-4,7,16H,1-2,5-6H2,(H,17,18);1H. The Morgan fingerprint density at radius 3 is 2.47 bits per heavy atom. The van der Waals surface area contributed by atoms with Crippen molar-refractivity contribution in [2.45, 2.75) is 18.9 Å². The molecular formula is C12H14ClF3N2O. The Kier molecular flexibility index (Phi) is 5.62. The Hall–Kier alpha value is -1.27. The summed E-state index contributed by atoms with van der Waals surface area (Å²) in [5, 5.41) is 5.60. The Bertz CT molecular complexity index is 467. The van der Waals surface area contributed by atoms with Crippen molar-refractivity contribution < 1.29 is 18.0 Å². The summed E-state index contributed by atoms with van der Waals surface area (Å²) in [6, 6.07) is 2.18. The Morgan fingerprint density at radius 1 is 1.16 bits per heavy atom. The van der Waals surface area contributed by atoms with E-state index in [9.17, 15) is 18.0 Å². The molecule has 3 nitrogen and oxygen atoms in total. The van der Waals surface area contributed by atoms with E-state index < -0.39 is 28.9 Å². The van der Waals surface area contributed by atoms with E-state index in [1.165, 1.54) is 0 Å².